The Balaban J connectivity index is 1.84. The molecule has 8 nitrogen and oxygen atoms in total. The Morgan fingerprint density at radius 2 is 2.04 bits per heavy atom. The first kappa shape index (κ1) is 17.0. The average molecular weight is 357 g/mol. The molecule has 134 valence electrons. The highest BCUT2D eigenvalue weighted by molar-refractivity contribution is 6.04. The first-order valence-electron chi connectivity index (χ1n) is 7.37. The summed E-state index contributed by atoms with van der Waals surface area (Å²) >= 11 is 0. The van der Waals surface area contributed by atoms with Crippen LogP contribution in [-0.2, 0) is 17.5 Å². The number of piperazine rings is 1. The van der Waals surface area contributed by atoms with E-state index in [9.17, 15) is 27.6 Å². The van der Waals surface area contributed by atoms with Crippen molar-refractivity contribution in [2.45, 2.75) is 18.8 Å². The maximum Gasteiger partial charge on any atom is 0.433 e. The van der Waals surface area contributed by atoms with Gasteiger partial charge in [-0.15, -0.1) is 0 Å². The maximum atomic E-state index is 13.0. The SMILES string of the molecule is NC(=O)N1CCN2C(=O)N(Cc3cccnc3C(F)(F)F)C(=O)[C@@H]2C1. The smallest absolute Gasteiger partial charge is 0.351 e. The minimum absolute atomic E-state index is 0.0738. The topological polar surface area (TPSA) is 99.8 Å². The zero-order chi connectivity index (χ0) is 18.4. The second-order valence-electron chi connectivity index (χ2n) is 5.71. The van der Waals surface area contributed by atoms with E-state index in [1.54, 1.807) is 0 Å². The Labute approximate surface area is 140 Å². The fourth-order valence-electron chi connectivity index (χ4n) is 2.99. The maximum absolute atomic E-state index is 13.0. The Hall–Kier alpha value is -2.85. The van der Waals surface area contributed by atoms with E-state index in [0.29, 0.717) is 0 Å². The summed E-state index contributed by atoms with van der Waals surface area (Å²) in [5, 5.41) is 0. The van der Waals surface area contributed by atoms with Crippen molar-refractivity contribution >= 4 is 18.0 Å². The number of nitrogens with two attached hydrogens (primary N) is 1. The number of nitrogens with zero attached hydrogens (tertiary/aromatic N) is 4. The van der Waals surface area contributed by atoms with E-state index in [4.69, 9.17) is 5.73 Å². The molecule has 0 unspecified atom stereocenters. The highest BCUT2D eigenvalue weighted by Gasteiger charge is 2.48. The lowest BCUT2D eigenvalue weighted by molar-refractivity contribution is -0.142. The molecule has 0 saturated carbocycles. The van der Waals surface area contributed by atoms with Gasteiger partial charge in [0, 0.05) is 24.8 Å². The van der Waals surface area contributed by atoms with Crippen LogP contribution in [0, 0.1) is 0 Å². The van der Waals surface area contributed by atoms with Crippen LogP contribution in [0.5, 0.6) is 0 Å². The van der Waals surface area contributed by atoms with Gasteiger partial charge >= 0.3 is 18.2 Å². The number of alkyl halides is 3. The van der Waals surface area contributed by atoms with Gasteiger partial charge in [-0.05, 0) is 6.07 Å². The number of carbonyl (C=O) groups excluding carboxylic acids is 3. The first-order valence-corrected chi connectivity index (χ1v) is 7.37. The van der Waals surface area contributed by atoms with Gasteiger partial charge in [0.2, 0.25) is 0 Å². The van der Waals surface area contributed by atoms with Crippen molar-refractivity contribution in [1.29, 1.82) is 0 Å². The number of fused-ring (bicyclic) bond motifs is 1. The van der Waals surface area contributed by atoms with E-state index in [2.05, 4.69) is 4.98 Å². The van der Waals surface area contributed by atoms with Gasteiger partial charge in [-0.3, -0.25) is 14.7 Å². The average Bonchev–Trinajstić information content (AvgIpc) is 2.79. The molecule has 2 aliphatic heterocycles. The van der Waals surface area contributed by atoms with Crippen molar-refractivity contribution in [3.63, 3.8) is 0 Å². The highest BCUT2D eigenvalue weighted by atomic mass is 19.4. The van der Waals surface area contributed by atoms with Crippen molar-refractivity contribution in [1.82, 2.24) is 19.7 Å². The molecule has 2 fully saturated rings. The molecule has 1 aromatic rings. The monoisotopic (exact) mass is 357 g/mol. The van der Waals surface area contributed by atoms with E-state index in [0.717, 1.165) is 11.1 Å². The Morgan fingerprint density at radius 1 is 1.32 bits per heavy atom. The molecule has 0 radical (unpaired) electrons. The van der Waals surface area contributed by atoms with Crippen molar-refractivity contribution in [2.24, 2.45) is 5.73 Å². The van der Waals surface area contributed by atoms with Gasteiger partial charge in [-0.25, -0.2) is 9.59 Å². The van der Waals surface area contributed by atoms with Crippen molar-refractivity contribution in [3.05, 3.63) is 29.6 Å². The van der Waals surface area contributed by atoms with E-state index in [1.807, 2.05) is 0 Å². The number of halogens is 3. The number of pyridine rings is 1. The molecule has 0 bridgehead atoms. The number of rotatable bonds is 2. The molecule has 2 aliphatic rings. The lowest BCUT2D eigenvalue weighted by atomic mass is 10.1. The van der Waals surface area contributed by atoms with Gasteiger partial charge in [0.05, 0.1) is 13.1 Å². The largest absolute Gasteiger partial charge is 0.433 e. The molecule has 2 N–H and O–H groups in total. The van der Waals surface area contributed by atoms with E-state index in [-0.39, 0.29) is 25.2 Å². The Kier molecular flexibility index (Phi) is 4.01. The molecule has 3 heterocycles. The number of carbonyl (C=O) groups is 3. The number of primary amides is 1. The Bertz CT molecular complexity index is 739. The third kappa shape index (κ3) is 2.96. The van der Waals surface area contributed by atoms with E-state index < -0.39 is 42.4 Å². The zero-order valence-corrected chi connectivity index (χ0v) is 12.9. The van der Waals surface area contributed by atoms with Crippen LogP contribution in [-0.4, -0.2) is 63.3 Å². The van der Waals surface area contributed by atoms with Gasteiger partial charge in [-0.2, -0.15) is 13.2 Å². The number of imide groups is 1. The summed E-state index contributed by atoms with van der Waals surface area (Å²) in [7, 11) is 0. The van der Waals surface area contributed by atoms with Gasteiger partial charge in [-0.1, -0.05) is 6.07 Å². The second kappa shape index (κ2) is 5.90. The molecule has 5 amide bonds. The van der Waals surface area contributed by atoms with Gasteiger partial charge < -0.3 is 15.5 Å². The summed E-state index contributed by atoms with van der Waals surface area (Å²) < 4.78 is 39.1. The van der Waals surface area contributed by atoms with Crippen molar-refractivity contribution in [2.75, 3.05) is 19.6 Å². The van der Waals surface area contributed by atoms with Crippen LogP contribution in [0.4, 0.5) is 22.8 Å². The minimum Gasteiger partial charge on any atom is -0.351 e. The zero-order valence-electron chi connectivity index (χ0n) is 12.9. The molecule has 1 atom stereocenters. The second-order valence-corrected chi connectivity index (χ2v) is 5.71. The summed E-state index contributed by atoms with van der Waals surface area (Å²) in [6, 6.07) is 0.141. The minimum atomic E-state index is -4.70. The van der Waals surface area contributed by atoms with Crippen LogP contribution < -0.4 is 5.73 Å². The number of hydrogen-bond donors (Lipinski definition) is 1. The number of urea groups is 2. The summed E-state index contributed by atoms with van der Waals surface area (Å²) in [4.78, 5) is 42.6. The Morgan fingerprint density at radius 3 is 2.68 bits per heavy atom. The molecular formula is C14H14F3N5O3. The van der Waals surface area contributed by atoms with Crippen molar-refractivity contribution in [3.8, 4) is 0 Å². The molecule has 3 rings (SSSR count). The fourth-order valence-corrected chi connectivity index (χ4v) is 2.99. The van der Waals surface area contributed by atoms with Gasteiger partial charge in [0.1, 0.15) is 11.7 Å². The van der Waals surface area contributed by atoms with Gasteiger partial charge in [0.25, 0.3) is 5.91 Å². The summed E-state index contributed by atoms with van der Waals surface area (Å²) in [5.41, 5.74) is 3.77. The van der Waals surface area contributed by atoms with E-state index in [1.165, 1.54) is 21.9 Å². The lowest BCUT2D eigenvalue weighted by Crippen LogP contribution is -2.55. The van der Waals surface area contributed by atoms with Crippen LogP contribution in [0.25, 0.3) is 0 Å². The third-order valence-electron chi connectivity index (χ3n) is 4.21. The molecule has 11 heteroatoms. The number of hydrogen-bond acceptors (Lipinski definition) is 4. The van der Waals surface area contributed by atoms with Crippen LogP contribution in [0.3, 0.4) is 0 Å². The van der Waals surface area contributed by atoms with Crippen LogP contribution in [0.1, 0.15) is 11.3 Å². The van der Waals surface area contributed by atoms with E-state index >= 15 is 0 Å². The molecule has 0 aromatic carbocycles. The lowest BCUT2D eigenvalue weighted by Gasteiger charge is -2.34. The van der Waals surface area contributed by atoms with Gasteiger partial charge in [0.15, 0.2) is 0 Å². The fraction of sp³-hybridized carbons (Fsp3) is 0.429. The van der Waals surface area contributed by atoms with Crippen LogP contribution in [0.15, 0.2) is 18.3 Å². The molecule has 2 saturated heterocycles. The predicted molar refractivity (Wildman–Crippen MR) is 76.8 cm³/mol. The number of amides is 5. The molecular weight excluding hydrogens is 343 g/mol. The van der Waals surface area contributed by atoms with Crippen LogP contribution >= 0.6 is 0 Å². The third-order valence-corrected chi connectivity index (χ3v) is 4.21. The molecule has 0 aliphatic carbocycles. The summed E-state index contributed by atoms with van der Waals surface area (Å²) in [6.07, 6.45) is -3.70. The summed E-state index contributed by atoms with van der Waals surface area (Å²) in [6.45, 7) is -0.354. The predicted octanol–water partition coefficient (Wildman–Crippen LogP) is 0.627. The van der Waals surface area contributed by atoms with Crippen LogP contribution in [0.2, 0.25) is 0 Å². The molecule has 0 spiro atoms. The molecule has 1 aromatic heterocycles. The standard InChI is InChI=1S/C14H14F3N5O3/c15-14(16,17)10-8(2-1-3-19-10)6-22-11(23)9-7-20(12(18)24)4-5-21(9)13(22)25/h1-3,9H,4-7H2,(H2,18,24)/t9-/m0/s1. The highest BCUT2D eigenvalue weighted by Crippen LogP contribution is 2.32. The summed E-state index contributed by atoms with van der Waals surface area (Å²) in [5.74, 6) is -0.659. The van der Waals surface area contributed by atoms with Crippen molar-refractivity contribution < 1.29 is 27.6 Å². The number of aromatic nitrogens is 1. The quantitative estimate of drug-likeness (QED) is 0.785. The normalized spacial score (nSPS) is 20.9. The molecule has 25 heavy (non-hydrogen) atoms. The first-order chi connectivity index (χ1) is 11.7.